The fourth-order valence-corrected chi connectivity index (χ4v) is 4.11. The Kier molecular flexibility index (Phi) is 4.12. The van der Waals surface area contributed by atoms with Crippen molar-refractivity contribution in [1.82, 2.24) is 0 Å². The van der Waals surface area contributed by atoms with Crippen LogP contribution in [0.1, 0.15) is 52.9 Å². The van der Waals surface area contributed by atoms with E-state index in [1.807, 2.05) is 0 Å². The molecule has 2 aliphatic rings. The summed E-state index contributed by atoms with van der Waals surface area (Å²) in [6.07, 6.45) is 8.13. The average Bonchev–Trinajstić information content (AvgIpc) is 2.67. The predicted octanol–water partition coefficient (Wildman–Crippen LogP) is 3.28. The molecule has 0 aromatic carbocycles. The fraction of sp³-hybridized carbons (Fsp3) is 0.750. The summed E-state index contributed by atoms with van der Waals surface area (Å²) < 4.78 is 5.52. The molecule has 106 valence electrons. The molecule has 1 fully saturated rings. The molecule has 3 heteroatoms. The van der Waals surface area contributed by atoms with Gasteiger partial charge in [0.1, 0.15) is 12.4 Å². The number of carbonyl (C=O) groups is 2. The first kappa shape index (κ1) is 14.3. The van der Waals surface area contributed by atoms with Crippen LogP contribution in [0.15, 0.2) is 11.6 Å². The first-order chi connectivity index (χ1) is 8.99. The topological polar surface area (TPSA) is 43.4 Å². The monoisotopic (exact) mass is 264 g/mol. The quantitative estimate of drug-likeness (QED) is 0.444. The first-order valence-electron chi connectivity index (χ1n) is 7.30. The summed E-state index contributed by atoms with van der Waals surface area (Å²) in [5.74, 6) is 0.529. The first-order valence-corrected chi connectivity index (χ1v) is 7.30. The van der Waals surface area contributed by atoms with Gasteiger partial charge in [-0.25, -0.2) is 0 Å². The number of allylic oxidation sites excluding steroid dienone is 2. The van der Waals surface area contributed by atoms with E-state index in [0.717, 1.165) is 32.0 Å². The third kappa shape index (κ3) is 2.60. The molecule has 0 spiro atoms. The molecule has 1 saturated carbocycles. The van der Waals surface area contributed by atoms with E-state index in [1.54, 1.807) is 0 Å². The highest BCUT2D eigenvalue weighted by atomic mass is 16.5. The van der Waals surface area contributed by atoms with Crippen LogP contribution in [0.5, 0.6) is 0 Å². The maximum absolute atomic E-state index is 11.2. The van der Waals surface area contributed by atoms with Crippen LogP contribution in [0.25, 0.3) is 0 Å². The highest BCUT2D eigenvalue weighted by molar-refractivity contribution is 5.66. The molecule has 0 N–H and O–H groups in total. The van der Waals surface area contributed by atoms with Gasteiger partial charge >= 0.3 is 5.97 Å². The Morgan fingerprint density at radius 3 is 3.00 bits per heavy atom. The molecule has 0 amide bonds. The molecule has 2 aliphatic carbocycles. The number of rotatable bonds is 4. The van der Waals surface area contributed by atoms with Crippen molar-refractivity contribution in [3.63, 3.8) is 0 Å². The standard InChI is InChI=1S/C16H24O3/c1-11(8-10-17)13-6-7-14-15(19-12(2)18)5-4-9-16(13,14)3/h6,10-11,14-15H,4-5,7-9H2,1-3H3. The van der Waals surface area contributed by atoms with Crippen molar-refractivity contribution in [2.75, 3.05) is 0 Å². The Morgan fingerprint density at radius 1 is 1.63 bits per heavy atom. The summed E-state index contributed by atoms with van der Waals surface area (Å²) in [7, 11) is 0. The average molecular weight is 264 g/mol. The number of hydrogen-bond acceptors (Lipinski definition) is 3. The second kappa shape index (κ2) is 5.48. The van der Waals surface area contributed by atoms with E-state index in [-0.39, 0.29) is 17.5 Å². The van der Waals surface area contributed by atoms with Gasteiger partial charge in [0.15, 0.2) is 0 Å². The molecule has 0 heterocycles. The Bertz CT molecular complexity index is 399. The lowest BCUT2D eigenvalue weighted by atomic mass is 9.63. The molecule has 0 saturated heterocycles. The van der Waals surface area contributed by atoms with Crippen molar-refractivity contribution in [2.45, 2.75) is 59.0 Å². The normalized spacial score (nSPS) is 35.2. The minimum atomic E-state index is -0.177. The van der Waals surface area contributed by atoms with Crippen LogP contribution in [0, 0.1) is 17.3 Å². The molecule has 3 nitrogen and oxygen atoms in total. The summed E-state index contributed by atoms with van der Waals surface area (Å²) in [5.41, 5.74) is 1.52. The van der Waals surface area contributed by atoms with E-state index in [0.29, 0.717) is 18.3 Å². The lowest BCUT2D eigenvalue weighted by molar-refractivity contribution is -0.153. The number of carbonyl (C=O) groups excluding carboxylic acids is 2. The summed E-state index contributed by atoms with van der Waals surface area (Å²) in [4.78, 5) is 22.0. The van der Waals surface area contributed by atoms with Crippen molar-refractivity contribution in [1.29, 1.82) is 0 Å². The molecule has 0 aromatic rings. The smallest absolute Gasteiger partial charge is 0.302 e. The molecular formula is C16H24O3. The highest BCUT2D eigenvalue weighted by Gasteiger charge is 2.49. The van der Waals surface area contributed by atoms with Crippen LogP contribution in [0.2, 0.25) is 0 Å². The molecule has 4 atom stereocenters. The van der Waals surface area contributed by atoms with Crippen LogP contribution in [-0.2, 0) is 14.3 Å². The minimum Gasteiger partial charge on any atom is -0.462 e. The molecule has 0 radical (unpaired) electrons. The van der Waals surface area contributed by atoms with E-state index in [2.05, 4.69) is 19.9 Å². The van der Waals surface area contributed by atoms with E-state index >= 15 is 0 Å². The summed E-state index contributed by atoms with van der Waals surface area (Å²) >= 11 is 0. The van der Waals surface area contributed by atoms with Crippen molar-refractivity contribution in [3.8, 4) is 0 Å². The lowest BCUT2D eigenvalue weighted by Crippen LogP contribution is -2.41. The predicted molar refractivity (Wildman–Crippen MR) is 73.5 cm³/mol. The maximum atomic E-state index is 11.2. The fourth-order valence-electron chi connectivity index (χ4n) is 4.11. The molecule has 2 rings (SSSR count). The van der Waals surface area contributed by atoms with Gasteiger partial charge in [0.2, 0.25) is 0 Å². The molecule has 0 aliphatic heterocycles. The molecule has 0 bridgehead atoms. The molecule has 0 aromatic heterocycles. The van der Waals surface area contributed by atoms with E-state index < -0.39 is 0 Å². The Hall–Kier alpha value is -1.12. The number of hydrogen-bond donors (Lipinski definition) is 0. The van der Waals surface area contributed by atoms with Gasteiger partial charge < -0.3 is 9.53 Å². The van der Waals surface area contributed by atoms with Gasteiger partial charge in [-0.15, -0.1) is 0 Å². The third-order valence-electron chi connectivity index (χ3n) is 5.00. The van der Waals surface area contributed by atoms with Crippen LogP contribution >= 0.6 is 0 Å². The van der Waals surface area contributed by atoms with E-state index in [9.17, 15) is 9.59 Å². The zero-order valence-electron chi connectivity index (χ0n) is 12.1. The van der Waals surface area contributed by atoms with Gasteiger partial charge in [0, 0.05) is 19.3 Å². The summed E-state index contributed by atoms with van der Waals surface area (Å²) in [6, 6.07) is 0. The zero-order chi connectivity index (χ0) is 14.0. The minimum absolute atomic E-state index is 0.0495. The van der Waals surface area contributed by atoms with Crippen molar-refractivity contribution < 1.29 is 14.3 Å². The molecular weight excluding hydrogens is 240 g/mol. The van der Waals surface area contributed by atoms with Gasteiger partial charge in [-0.3, -0.25) is 4.79 Å². The Labute approximate surface area is 115 Å². The molecule has 4 unspecified atom stereocenters. The summed E-state index contributed by atoms with van der Waals surface area (Å²) in [5, 5.41) is 0. The Morgan fingerprint density at radius 2 is 2.37 bits per heavy atom. The molecule has 19 heavy (non-hydrogen) atoms. The van der Waals surface area contributed by atoms with Crippen molar-refractivity contribution in [3.05, 3.63) is 11.6 Å². The van der Waals surface area contributed by atoms with Crippen LogP contribution < -0.4 is 0 Å². The lowest BCUT2D eigenvalue weighted by Gasteiger charge is -2.44. The SMILES string of the molecule is CC(=O)OC1CCCC2(C)C(C(C)CC=O)=CCC12. The van der Waals surface area contributed by atoms with Gasteiger partial charge in [-0.05, 0) is 37.0 Å². The van der Waals surface area contributed by atoms with Gasteiger partial charge in [0.05, 0.1) is 0 Å². The maximum Gasteiger partial charge on any atom is 0.302 e. The van der Waals surface area contributed by atoms with Crippen LogP contribution in [0.3, 0.4) is 0 Å². The van der Waals surface area contributed by atoms with Gasteiger partial charge in [-0.2, -0.15) is 0 Å². The zero-order valence-corrected chi connectivity index (χ0v) is 12.1. The van der Waals surface area contributed by atoms with Crippen LogP contribution in [0.4, 0.5) is 0 Å². The van der Waals surface area contributed by atoms with Crippen molar-refractivity contribution in [2.24, 2.45) is 17.3 Å². The van der Waals surface area contributed by atoms with Gasteiger partial charge in [0.25, 0.3) is 0 Å². The number of ether oxygens (including phenoxy) is 1. The number of fused-ring (bicyclic) bond motifs is 1. The number of aldehydes is 1. The number of esters is 1. The van der Waals surface area contributed by atoms with E-state index in [4.69, 9.17) is 4.74 Å². The van der Waals surface area contributed by atoms with Crippen molar-refractivity contribution >= 4 is 12.3 Å². The largest absolute Gasteiger partial charge is 0.462 e. The third-order valence-corrected chi connectivity index (χ3v) is 5.00. The summed E-state index contributed by atoms with van der Waals surface area (Å²) in [6.45, 7) is 5.90. The van der Waals surface area contributed by atoms with E-state index in [1.165, 1.54) is 12.5 Å². The highest BCUT2D eigenvalue weighted by Crippen LogP contribution is 2.55. The van der Waals surface area contributed by atoms with Crippen LogP contribution in [-0.4, -0.2) is 18.4 Å². The van der Waals surface area contributed by atoms with Gasteiger partial charge in [-0.1, -0.05) is 25.5 Å². The second-order valence-electron chi connectivity index (χ2n) is 6.26. The second-order valence-corrected chi connectivity index (χ2v) is 6.26. The Balaban J connectivity index is 2.17.